The molecule has 170 valence electrons. The third-order valence-corrected chi connectivity index (χ3v) is 8.72. The Morgan fingerprint density at radius 2 is 1.71 bits per heavy atom. The van der Waals surface area contributed by atoms with Crippen LogP contribution >= 0.6 is 11.3 Å². The quantitative estimate of drug-likeness (QED) is 0.433. The zero-order valence-corrected chi connectivity index (χ0v) is 19.7. The van der Waals surface area contributed by atoms with Crippen LogP contribution in [-0.2, 0) is 10.0 Å². The van der Waals surface area contributed by atoms with Crippen molar-refractivity contribution in [2.45, 2.75) is 4.90 Å². The number of amides is 1. The van der Waals surface area contributed by atoms with E-state index in [4.69, 9.17) is 4.98 Å². The van der Waals surface area contributed by atoms with Gasteiger partial charge in [0.05, 0.1) is 32.1 Å². The molecule has 0 unspecified atom stereocenters. The van der Waals surface area contributed by atoms with E-state index in [2.05, 4.69) is 0 Å². The number of aromatic nitrogens is 1. The van der Waals surface area contributed by atoms with Crippen LogP contribution in [0.5, 0.6) is 0 Å². The molecule has 1 aliphatic rings. The number of carbonyl (C=O) groups is 1. The van der Waals surface area contributed by atoms with Gasteiger partial charge >= 0.3 is 0 Å². The van der Waals surface area contributed by atoms with Crippen LogP contribution in [0.2, 0.25) is 0 Å². The summed E-state index contributed by atoms with van der Waals surface area (Å²) >= 11 is 1.56. The monoisotopic (exact) mass is 488 g/mol. The third kappa shape index (κ3) is 3.96. The second-order valence-electron chi connectivity index (χ2n) is 7.85. The number of nitrogens with zero attached hydrogens (tertiary/aromatic N) is 4. The molecule has 2 aromatic heterocycles. The molecule has 4 aromatic rings. The number of pyridine rings is 1. The molecule has 7 nitrogen and oxygen atoms in total. The highest BCUT2D eigenvalue weighted by Crippen LogP contribution is 2.29. The fourth-order valence-corrected chi connectivity index (χ4v) is 6.38. The highest BCUT2D eigenvalue weighted by molar-refractivity contribution is 7.89. The molecule has 1 fully saturated rings. The summed E-state index contributed by atoms with van der Waals surface area (Å²) < 4.78 is 27.6. The van der Waals surface area contributed by atoms with Crippen LogP contribution in [0.1, 0.15) is 15.9 Å². The lowest BCUT2D eigenvalue weighted by Crippen LogP contribution is -2.50. The van der Waals surface area contributed by atoms with Crippen molar-refractivity contribution in [1.29, 1.82) is 5.26 Å². The van der Waals surface area contributed by atoms with Crippen molar-refractivity contribution in [1.82, 2.24) is 14.2 Å². The molecule has 9 heteroatoms. The van der Waals surface area contributed by atoms with Crippen molar-refractivity contribution in [3.05, 3.63) is 83.2 Å². The number of hydrogen-bond acceptors (Lipinski definition) is 6. The number of rotatable bonds is 4. The minimum Gasteiger partial charge on any atom is -0.336 e. The standard InChI is InChI=1S/C25H20N4O3S2/c26-17-18-6-1-4-10-24(18)34(31,32)29-13-11-28(12-14-29)25(30)20-16-22(23-9-5-15-33-23)27-21-8-3-2-7-19(20)21/h1-10,15-16H,11-14H2. The van der Waals surface area contributed by atoms with Gasteiger partial charge in [-0.1, -0.05) is 36.4 Å². The first-order valence-corrected chi connectivity index (χ1v) is 13.0. The molecule has 0 aliphatic carbocycles. The predicted octanol–water partition coefficient (Wildman–Crippen LogP) is 3.98. The van der Waals surface area contributed by atoms with E-state index >= 15 is 0 Å². The van der Waals surface area contributed by atoms with Gasteiger partial charge in [-0.05, 0) is 35.7 Å². The Morgan fingerprint density at radius 1 is 0.971 bits per heavy atom. The molecule has 34 heavy (non-hydrogen) atoms. The van der Waals surface area contributed by atoms with Crippen LogP contribution in [0.3, 0.4) is 0 Å². The van der Waals surface area contributed by atoms with Crippen LogP contribution in [0.25, 0.3) is 21.5 Å². The molecule has 0 atom stereocenters. The minimum absolute atomic E-state index is 0.00186. The maximum atomic E-state index is 13.6. The van der Waals surface area contributed by atoms with Crippen molar-refractivity contribution in [3.63, 3.8) is 0 Å². The van der Waals surface area contributed by atoms with Crippen molar-refractivity contribution in [2.24, 2.45) is 0 Å². The van der Waals surface area contributed by atoms with E-state index in [1.54, 1.807) is 28.4 Å². The number of para-hydroxylation sites is 1. The van der Waals surface area contributed by atoms with Gasteiger partial charge in [0.25, 0.3) is 5.91 Å². The smallest absolute Gasteiger partial charge is 0.254 e. The van der Waals surface area contributed by atoms with Crippen LogP contribution in [0.15, 0.2) is 77.0 Å². The molecule has 0 bridgehead atoms. The van der Waals surface area contributed by atoms with Gasteiger partial charge in [-0.2, -0.15) is 9.57 Å². The maximum Gasteiger partial charge on any atom is 0.254 e. The lowest BCUT2D eigenvalue weighted by atomic mass is 10.1. The van der Waals surface area contributed by atoms with Gasteiger partial charge in [-0.3, -0.25) is 4.79 Å². The van der Waals surface area contributed by atoms with Crippen LogP contribution in [0, 0.1) is 11.3 Å². The highest BCUT2D eigenvalue weighted by Gasteiger charge is 2.32. The number of nitriles is 1. The summed E-state index contributed by atoms with van der Waals surface area (Å²) in [5.74, 6) is -0.147. The average molecular weight is 489 g/mol. The molecule has 0 N–H and O–H groups in total. The zero-order valence-electron chi connectivity index (χ0n) is 18.1. The lowest BCUT2D eigenvalue weighted by molar-refractivity contribution is 0.0700. The Balaban J connectivity index is 1.41. The van der Waals surface area contributed by atoms with E-state index in [9.17, 15) is 18.5 Å². The van der Waals surface area contributed by atoms with Crippen LogP contribution < -0.4 is 0 Å². The number of carbonyl (C=O) groups excluding carboxylic acids is 1. The van der Waals surface area contributed by atoms with Crippen LogP contribution in [0.4, 0.5) is 0 Å². The first-order chi connectivity index (χ1) is 16.5. The Bertz CT molecular complexity index is 1520. The van der Waals surface area contributed by atoms with Gasteiger partial charge < -0.3 is 4.90 Å². The second kappa shape index (κ2) is 8.99. The summed E-state index contributed by atoms with van der Waals surface area (Å²) in [6, 6.07) is 21.4. The molecular formula is C25H20N4O3S2. The highest BCUT2D eigenvalue weighted by atomic mass is 32.2. The molecule has 0 saturated carbocycles. The second-order valence-corrected chi connectivity index (χ2v) is 10.7. The first-order valence-electron chi connectivity index (χ1n) is 10.7. The average Bonchev–Trinajstić information content (AvgIpc) is 3.43. The molecule has 1 aliphatic heterocycles. The number of benzene rings is 2. The normalized spacial score (nSPS) is 14.7. The first kappa shape index (κ1) is 22.2. The maximum absolute atomic E-state index is 13.6. The molecule has 3 heterocycles. The summed E-state index contributed by atoms with van der Waals surface area (Å²) in [5.41, 5.74) is 2.16. The van der Waals surface area contributed by atoms with E-state index in [1.165, 1.54) is 16.4 Å². The van der Waals surface area contributed by atoms with Gasteiger partial charge in [0.1, 0.15) is 6.07 Å². The summed E-state index contributed by atoms with van der Waals surface area (Å²) in [7, 11) is -3.83. The molecule has 2 aromatic carbocycles. The van der Waals surface area contributed by atoms with Crippen LogP contribution in [-0.4, -0.2) is 54.7 Å². The van der Waals surface area contributed by atoms with Crippen molar-refractivity contribution >= 4 is 38.2 Å². The fraction of sp³-hybridized carbons (Fsp3) is 0.160. The summed E-state index contributed by atoms with van der Waals surface area (Å²) in [6.45, 7) is 0.846. The molecule has 0 radical (unpaired) electrons. The lowest BCUT2D eigenvalue weighted by Gasteiger charge is -2.34. The van der Waals surface area contributed by atoms with Gasteiger partial charge in [0.15, 0.2) is 0 Å². The Kier molecular flexibility index (Phi) is 5.87. The largest absolute Gasteiger partial charge is 0.336 e. The van der Waals surface area contributed by atoms with E-state index in [0.29, 0.717) is 5.56 Å². The SMILES string of the molecule is N#Cc1ccccc1S(=O)(=O)N1CCN(C(=O)c2cc(-c3cccs3)nc3ccccc23)CC1. The van der Waals surface area contributed by atoms with Crippen molar-refractivity contribution < 1.29 is 13.2 Å². The minimum atomic E-state index is -3.83. The number of thiophene rings is 1. The number of hydrogen-bond donors (Lipinski definition) is 0. The number of sulfonamides is 1. The molecule has 0 spiro atoms. The number of piperazine rings is 1. The Hall–Kier alpha value is -3.58. The van der Waals surface area contributed by atoms with Crippen molar-refractivity contribution in [2.75, 3.05) is 26.2 Å². The molecule has 5 rings (SSSR count). The van der Waals surface area contributed by atoms with Gasteiger partial charge in [-0.25, -0.2) is 13.4 Å². The van der Waals surface area contributed by atoms with E-state index < -0.39 is 10.0 Å². The summed E-state index contributed by atoms with van der Waals surface area (Å²) in [4.78, 5) is 20.9. The fourth-order valence-electron chi connectivity index (χ4n) is 4.13. The number of fused-ring (bicyclic) bond motifs is 1. The summed E-state index contributed by atoms with van der Waals surface area (Å²) in [5, 5.41) is 12.0. The van der Waals surface area contributed by atoms with E-state index in [0.717, 1.165) is 21.5 Å². The van der Waals surface area contributed by atoms with Gasteiger partial charge in [0, 0.05) is 31.6 Å². The zero-order chi connectivity index (χ0) is 23.7. The molecular weight excluding hydrogens is 468 g/mol. The van der Waals surface area contributed by atoms with E-state index in [-0.39, 0.29) is 42.5 Å². The van der Waals surface area contributed by atoms with Gasteiger partial charge in [-0.15, -0.1) is 11.3 Å². The van der Waals surface area contributed by atoms with E-state index in [1.807, 2.05) is 53.9 Å². The molecule has 1 amide bonds. The van der Waals surface area contributed by atoms with Crippen molar-refractivity contribution in [3.8, 4) is 16.6 Å². The predicted molar refractivity (Wildman–Crippen MR) is 131 cm³/mol. The Morgan fingerprint density at radius 3 is 2.44 bits per heavy atom. The topological polar surface area (TPSA) is 94.4 Å². The third-order valence-electron chi connectivity index (χ3n) is 5.87. The summed E-state index contributed by atoms with van der Waals surface area (Å²) in [6.07, 6.45) is 0. The Labute approximate surface area is 201 Å². The van der Waals surface area contributed by atoms with Gasteiger partial charge in [0.2, 0.25) is 10.0 Å². The molecule has 1 saturated heterocycles.